The summed E-state index contributed by atoms with van der Waals surface area (Å²) in [6.07, 6.45) is 1.19. The molecule has 0 spiro atoms. The second-order valence-electron chi connectivity index (χ2n) is 4.08. The van der Waals surface area contributed by atoms with Crippen LogP contribution < -0.4 is 10.5 Å². The van der Waals surface area contributed by atoms with Crippen LogP contribution in [-0.4, -0.2) is 30.3 Å². The van der Waals surface area contributed by atoms with Gasteiger partial charge in [0, 0.05) is 0 Å². The number of H-pyrrole nitrogens is 1. The number of nitrogens with one attached hydrogen (secondary N) is 2. The number of hydrogen-bond acceptors (Lipinski definition) is 4. The first kappa shape index (κ1) is 13.7. The Kier molecular flexibility index (Phi) is 3.89. The Morgan fingerprint density at radius 1 is 1.53 bits per heavy atom. The minimum Gasteiger partial charge on any atom is -0.368 e. The number of carbonyl (C=O) groups excluding carboxylic acids is 1. The van der Waals surface area contributed by atoms with Gasteiger partial charge in [0.25, 0.3) is 10.0 Å². The topological polar surface area (TPSA) is 118 Å². The number of carbonyl (C=O) groups is 1. The number of aryl methyl sites for hydroxylation is 1. The summed E-state index contributed by atoms with van der Waals surface area (Å²) >= 11 is 0. The highest BCUT2D eigenvalue weighted by atomic mass is 32.2. The van der Waals surface area contributed by atoms with Crippen LogP contribution in [0.4, 0.5) is 0 Å². The van der Waals surface area contributed by atoms with Crippen LogP contribution in [-0.2, 0) is 14.8 Å². The summed E-state index contributed by atoms with van der Waals surface area (Å²) in [5, 5.41) is -0.0816. The van der Waals surface area contributed by atoms with Crippen molar-refractivity contribution in [3.05, 3.63) is 12.0 Å². The fourth-order valence-electron chi connectivity index (χ4n) is 1.29. The van der Waals surface area contributed by atoms with E-state index in [9.17, 15) is 13.2 Å². The third-order valence-corrected chi connectivity index (χ3v) is 3.58. The van der Waals surface area contributed by atoms with E-state index in [0.717, 1.165) is 0 Å². The van der Waals surface area contributed by atoms with Gasteiger partial charge in [-0.3, -0.25) is 4.79 Å². The van der Waals surface area contributed by atoms with Crippen LogP contribution in [0, 0.1) is 12.8 Å². The van der Waals surface area contributed by atoms with E-state index in [-0.39, 0.29) is 10.9 Å². The van der Waals surface area contributed by atoms with E-state index in [2.05, 4.69) is 14.7 Å². The first-order valence-corrected chi connectivity index (χ1v) is 6.55. The molecule has 0 radical (unpaired) electrons. The van der Waals surface area contributed by atoms with Gasteiger partial charge in [-0.25, -0.2) is 13.4 Å². The van der Waals surface area contributed by atoms with Gasteiger partial charge in [0.05, 0.1) is 6.20 Å². The Morgan fingerprint density at radius 2 is 2.12 bits per heavy atom. The number of amides is 1. The molecule has 1 aromatic heterocycles. The molecule has 8 heteroatoms. The predicted molar refractivity (Wildman–Crippen MR) is 61.5 cm³/mol. The molecule has 7 nitrogen and oxygen atoms in total. The quantitative estimate of drug-likeness (QED) is 0.661. The Hall–Kier alpha value is -1.41. The molecule has 0 aliphatic rings. The first-order chi connectivity index (χ1) is 7.74. The van der Waals surface area contributed by atoms with Gasteiger partial charge in [0.15, 0.2) is 5.03 Å². The number of nitrogens with two attached hydrogens (primary N) is 1. The molecule has 0 saturated carbocycles. The summed E-state index contributed by atoms with van der Waals surface area (Å²) < 4.78 is 26.0. The lowest BCUT2D eigenvalue weighted by molar-refractivity contribution is -0.120. The summed E-state index contributed by atoms with van der Waals surface area (Å²) in [6.45, 7) is 5.04. The van der Waals surface area contributed by atoms with Gasteiger partial charge in [-0.15, -0.1) is 0 Å². The number of aromatic nitrogens is 2. The highest BCUT2D eigenvalue weighted by molar-refractivity contribution is 7.89. The lowest BCUT2D eigenvalue weighted by Crippen LogP contribution is -2.47. The molecule has 1 rings (SSSR count). The Bertz CT molecular complexity index is 506. The van der Waals surface area contributed by atoms with Gasteiger partial charge in [-0.05, 0) is 12.8 Å². The second-order valence-corrected chi connectivity index (χ2v) is 5.76. The third-order valence-electron chi connectivity index (χ3n) is 2.22. The van der Waals surface area contributed by atoms with E-state index < -0.39 is 22.0 Å². The predicted octanol–water partition coefficient (Wildman–Crippen LogP) is -0.494. The molecular formula is C9H16N4O3S. The normalized spacial score (nSPS) is 13.9. The fraction of sp³-hybridized carbons (Fsp3) is 0.556. The number of primary amides is 1. The third kappa shape index (κ3) is 3.27. The van der Waals surface area contributed by atoms with E-state index in [0.29, 0.717) is 5.82 Å². The molecule has 1 unspecified atom stereocenters. The van der Waals surface area contributed by atoms with E-state index >= 15 is 0 Å². The van der Waals surface area contributed by atoms with Crippen molar-refractivity contribution in [1.29, 1.82) is 0 Å². The van der Waals surface area contributed by atoms with Gasteiger partial charge < -0.3 is 10.7 Å². The van der Waals surface area contributed by atoms with Gasteiger partial charge in [0.1, 0.15) is 11.9 Å². The van der Waals surface area contributed by atoms with Crippen molar-refractivity contribution in [3.63, 3.8) is 0 Å². The van der Waals surface area contributed by atoms with Crippen molar-refractivity contribution in [2.45, 2.75) is 31.8 Å². The number of aromatic amines is 1. The zero-order valence-electron chi connectivity index (χ0n) is 9.89. The van der Waals surface area contributed by atoms with E-state index in [1.807, 2.05) is 0 Å². The molecule has 0 saturated heterocycles. The summed E-state index contributed by atoms with van der Waals surface area (Å²) in [7, 11) is -3.80. The number of sulfonamides is 1. The number of rotatable bonds is 5. The molecule has 0 aromatic carbocycles. The molecule has 0 aliphatic heterocycles. The largest absolute Gasteiger partial charge is 0.368 e. The monoisotopic (exact) mass is 260 g/mol. The molecule has 0 bridgehead atoms. The average molecular weight is 260 g/mol. The van der Waals surface area contributed by atoms with Crippen molar-refractivity contribution in [1.82, 2.24) is 14.7 Å². The van der Waals surface area contributed by atoms with Gasteiger partial charge in [0.2, 0.25) is 5.91 Å². The van der Waals surface area contributed by atoms with Gasteiger partial charge in [-0.2, -0.15) is 4.72 Å². The summed E-state index contributed by atoms with van der Waals surface area (Å²) in [4.78, 5) is 17.5. The molecule has 17 heavy (non-hydrogen) atoms. The number of hydrogen-bond donors (Lipinski definition) is 3. The van der Waals surface area contributed by atoms with Crippen molar-refractivity contribution in [3.8, 4) is 0 Å². The standard InChI is InChI=1S/C9H16N4O3S/c1-5(2)8(9(10)14)13-17(15,16)7-4-11-6(3)12-7/h4-5,8,13H,1-3H3,(H2,10,14)(H,11,12). The smallest absolute Gasteiger partial charge is 0.258 e. The van der Waals surface area contributed by atoms with E-state index in [1.165, 1.54) is 6.20 Å². The van der Waals surface area contributed by atoms with Crippen molar-refractivity contribution in [2.75, 3.05) is 0 Å². The maximum absolute atomic E-state index is 11.9. The molecule has 1 aromatic rings. The summed E-state index contributed by atoms with van der Waals surface area (Å²) in [5.41, 5.74) is 5.14. The molecule has 96 valence electrons. The molecule has 0 aliphatic carbocycles. The fourth-order valence-corrected chi connectivity index (χ4v) is 2.61. The van der Waals surface area contributed by atoms with E-state index in [4.69, 9.17) is 5.73 Å². The molecule has 0 fully saturated rings. The van der Waals surface area contributed by atoms with Crippen LogP contribution in [0.2, 0.25) is 0 Å². The van der Waals surface area contributed by atoms with Crippen LogP contribution in [0.25, 0.3) is 0 Å². The summed E-state index contributed by atoms with van der Waals surface area (Å²) in [6, 6.07) is -0.941. The maximum Gasteiger partial charge on any atom is 0.258 e. The Balaban J connectivity index is 2.97. The SMILES string of the molecule is Cc1ncc(S(=O)(=O)NC(C(N)=O)C(C)C)[nH]1. The van der Waals surface area contributed by atoms with Crippen molar-refractivity contribution < 1.29 is 13.2 Å². The zero-order valence-corrected chi connectivity index (χ0v) is 10.7. The van der Waals surface area contributed by atoms with Crippen molar-refractivity contribution >= 4 is 15.9 Å². The van der Waals surface area contributed by atoms with Gasteiger partial charge in [-0.1, -0.05) is 13.8 Å². The molecule has 4 N–H and O–H groups in total. The number of nitrogens with zero attached hydrogens (tertiary/aromatic N) is 1. The lowest BCUT2D eigenvalue weighted by Gasteiger charge is -2.18. The van der Waals surface area contributed by atoms with Crippen LogP contribution in [0.3, 0.4) is 0 Å². The Morgan fingerprint density at radius 3 is 2.47 bits per heavy atom. The summed E-state index contributed by atoms with van der Waals surface area (Å²) in [5.74, 6) is -0.461. The Labute approximate surface area is 99.9 Å². The average Bonchev–Trinajstić information content (AvgIpc) is 2.61. The minimum absolute atomic E-state index is 0.0816. The zero-order chi connectivity index (χ0) is 13.2. The van der Waals surface area contributed by atoms with Crippen LogP contribution in [0.5, 0.6) is 0 Å². The molecule has 1 amide bonds. The number of imidazole rings is 1. The van der Waals surface area contributed by atoms with Crippen molar-refractivity contribution in [2.24, 2.45) is 11.7 Å². The molecule has 1 atom stereocenters. The van der Waals surface area contributed by atoms with Gasteiger partial charge >= 0.3 is 0 Å². The maximum atomic E-state index is 11.9. The minimum atomic E-state index is -3.80. The molecule has 1 heterocycles. The second kappa shape index (κ2) is 4.84. The van der Waals surface area contributed by atoms with Crippen LogP contribution >= 0.6 is 0 Å². The van der Waals surface area contributed by atoms with Crippen LogP contribution in [0.1, 0.15) is 19.7 Å². The molecular weight excluding hydrogens is 244 g/mol. The highest BCUT2D eigenvalue weighted by Gasteiger charge is 2.27. The van der Waals surface area contributed by atoms with Crippen LogP contribution in [0.15, 0.2) is 11.2 Å². The lowest BCUT2D eigenvalue weighted by atomic mass is 10.1. The highest BCUT2D eigenvalue weighted by Crippen LogP contribution is 2.09. The first-order valence-electron chi connectivity index (χ1n) is 5.07. The van der Waals surface area contributed by atoms with E-state index in [1.54, 1.807) is 20.8 Å².